The first-order valence-electron chi connectivity index (χ1n) is 11.1. The molecule has 8 heteroatoms. The molecule has 3 aromatic rings. The zero-order valence-electron chi connectivity index (χ0n) is 16.9. The highest BCUT2D eigenvalue weighted by Gasteiger charge is 2.70. The minimum absolute atomic E-state index is 0.00688. The van der Waals surface area contributed by atoms with Crippen molar-refractivity contribution in [2.75, 3.05) is 6.54 Å². The van der Waals surface area contributed by atoms with Crippen molar-refractivity contribution in [2.24, 2.45) is 28.6 Å². The molecule has 0 saturated heterocycles. The molecule has 4 saturated carbocycles. The van der Waals surface area contributed by atoms with Gasteiger partial charge in [0.2, 0.25) is 0 Å². The van der Waals surface area contributed by atoms with Crippen LogP contribution in [0.4, 0.5) is 0 Å². The Hall–Kier alpha value is -2.77. The Kier molecular flexibility index (Phi) is 3.21. The Morgan fingerprint density at radius 3 is 3.07 bits per heavy atom. The Labute approximate surface area is 174 Å². The van der Waals surface area contributed by atoms with Gasteiger partial charge in [-0.1, -0.05) is 6.07 Å². The van der Waals surface area contributed by atoms with E-state index in [0.717, 1.165) is 35.6 Å². The number of fused-ring (bicyclic) bond motifs is 3. The first-order valence-corrected chi connectivity index (χ1v) is 11.1. The summed E-state index contributed by atoms with van der Waals surface area (Å²) in [4.78, 5) is 17.8. The number of nitrogens with one attached hydrogen (secondary N) is 1. The maximum Gasteiger partial charge on any atom is 0.268 e. The molecule has 7 rings (SSSR count). The van der Waals surface area contributed by atoms with Gasteiger partial charge >= 0.3 is 0 Å². The minimum atomic E-state index is -0.00688. The topological polar surface area (TPSA) is 90.0 Å². The van der Waals surface area contributed by atoms with Crippen LogP contribution in [0.2, 0.25) is 0 Å². The SMILES string of the molecule is O=C(NCC12CC3CC4CC(C1)C4(C3)C2)c1cccc2nc(Cn3cnnn3)cn12. The van der Waals surface area contributed by atoms with Gasteiger partial charge in [0.15, 0.2) is 0 Å². The minimum Gasteiger partial charge on any atom is -0.350 e. The Morgan fingerprint density at radius 1 is 1.20 bits per heavy atom. The fourth-order valence-electron chi connectivity index (χ4n) is 7.84. The normalized spacial score (nSPS) is 35.5. The third-order valence-electron chi connectivity index (χ3n) is 8.70. The fraction of sp³-hybridized carbons (Fsp3) is 0.591. The van der Waals surface area contributed by atoms with E-state index in [1.807, 2.05) is 28.8 Å². The van der Waals surface area contributed by atoms with Crippen molar-refractivity contribution in [3.8, 4) is 0 Å². The van der Waals surface area contributed by atoms with Gasteiger partial charge in [0.25, 0.3) is 5.91 Å². The molecule has 30 heavy (non-hydrogen) atoms. The molecule has 8 nitrogen and oxygen atoms in total. The Morgan fingerprint density at radius 2 is 2.17 bits per heavy atom. The van der Waals surface area contributed by atoms with Crippen LogP contribution >= 0.6 is 0 Å². The quantitative estimate of drug-likeness (QED) is 0.706. The van der Waals surface area contributed by atoms with E-state index in [1.165, 1.54) is 38.5 Å². The van der Waals surface area contributed by atoms with Gasteiger partial charge in [0, 0.05) is 12.7 Å². The summed E-state index contributed by atoms with van der Waals surface area (Å²) in [5.41, 5.74) is 3.21. The zero-order valence-corrected chi connectivity index (χ0v) is 16.9. The van der Waals surface area contributed by atoms with Gasteiger partial charge in [-0.05, 0) is 89.7 Å². The molecule has 5 unspecified atom stereocenters. The molecule has 0 aliphatic heterocycles. The van der Waals surface area contributed by atoms with Crippen LogP contribution in [0, 0.1) is 28.6 Å². The van der Waals surface area contributed by atoms with Gasteiger partial charge in [-0.3, -0.25) is 9.20 Å². The molecule has 3 aromatic heterocycles. The zero-order chi connectivity index (χ0) is 19.9. The molecule has 0 radical (unpaired) electrons. The lowest BCUT2D eigenvalue weighted by Gasteiger charge is -2.49. The Balaban J connectivity index is 1.12. The van der Waals surface area contributed by atoms with Crippen molar-refractivity contribution in [3.05, 3.63) is 42.1 Å². The summed E-state index contributed by atoms with van der Waals surface area (Å²) in [5.74, 6) is 2.82. The first-order chi connectivity index (χ1) is 14.6. The molecule has 1 amide bonds. The van der Waals surface area contributed by atoms with Crippen LogP contribution in [-0.4, -0.2) is 42.0 Å². The third kappa shape index (κ3) is 2.24. The van der Waals surface area contributed by atoms with Gasteiger partial charge in [0.05, 0.1) is 12.2 Å². The summed E-state index contributed by atoms with van der Waals surface area (Å²) in [7, 11) is 0. The monoisotopic (exact) mass is 403 g/mol. The van der Waals surface area contributed by atoms with Crippen LogP contribution < -0.4 is 5.32 Å². The van der Waals surface area contributed by atoms with E-state index in [1.54, 1.807) is 11.0 Å². The standard InChI is InChI=1S/C22H25N7O/c30-20(23-12-21-6-14-4-15-5-16(8-21)22(15,7-14)11-21)18-2-1-3-19-25-17(10-29(18)19)9-28-13-24-26-27-28/h1-3,10,13-16H,4-9,11-12H2,(H,23,30). The highest BCUT2D eigenvalue weighted by atomic mass is 16.1. The average molecular weight is 403 g/mol. The second-order valence-corrected chi connectivity index (χ2v) is 10.3. The molecular formula is C22H25N7O. The molecule has 3 heterocycles. The maximum absolute atomic E-state index is 13.2. The van der Waals surface area contributed by atoms with Crippen molar-refractivity contribution in [1.29, 1.82) is 0 Å². The predicted octanol–water partition coefficient (Wildman–Crippen LogP) is 2.32. The first kappa shape index (κ1) is 17.0. The van der Waals surface area contributed by atoms with E-state index < -0.39 is 0 Å². The van der Waals surface area contributed by atoms with E-state index in [9.17, 15) is 4.79 Å². The van der Waals surface area contributed by atoms with Crippen molar-refractivity contribution in [1.82, 2.24) is 34.9 Å². The largest absolute Gasteiger partial charge is 0.350 e. The molecular weight excluding hydrogens is 378 g/mol. The van der Waals surface area contributed by atoms with Crippen molar-refractivity contribution in [2.45, 2.75) is 45.1 Å². The highest BCUT2D eigenvalue weighted by Crippen LogP contribution is 2.78. The van der Waals surface area contributed by atoms with Crippen molar-refractivity contribution in [3.63, 3.8) is 0 Å². The predicted molar refractivity (Wildman–Crippen MR) is 107 cm³/mol. The summed E-state index contributed by atoms with van der Waals surface area (Å²) in [6.07, 6.45) is 11.8. The highest BCUT2D eigenvalue weighted by molar-refractivity contribution is 5.93. The van der Waals surface area contributed by atoms with Crippen LogP contribution in [0.25, 0.3) is 5.65 Å². The van der Waals surface area contributed by atoms with Gasteiger partial charge < -0.3 is 5.32 Å². The molecule has 4 aliphatic carbocycles. The number of amides is 1. The number of pyridine rings is 1. The molecule has 3 bridgehead atoms. The summed E-state index contributed by atoms with van der Waals surface area (Å²) in [6.45, 7) is 1.29. The van der Waals surface area contributed by atoms with E-state index >= 15 is 0 Å². The van der Waals surface area contributed by atoms with Crippen LogP contribution in [0.5, 0.6) is 0 Å². The lowest BCUT2D eigenvalue weighted by atomic mass is 9.55. The van der Waals surface area contributed by atoms with E-state index in [4.69, 9.17) is 0 Å². The number of tetrazole rings is 1. The number of hydrogen-bond acceptors (Lipinski definition) is 5. The van der Waals surface area contributed by atoms with E-state index in [2.05, 4.69) is 25.8 Å². The summed E-state index contributed by atoms with van der Waals surface area (Å²) in [5, 5.41) is 14.5. The number of hydrogen-bond donors (Lipinski definition) is 1. The fourth-order valence-corrected chi connectivity index (χ4v) is 7.84. The van der Waals surface area contributed by atoms with Crippen molar-refractivity contribution < 1.29 is 4.79 Å². The smallest absolute Gasteiger partial charge is 0.268 e. The van der Waals surface area contributed by atoms with Gasteiger partial charge in [-0.15, -0.1) is 5.10 Å². The molecule has 154 valence electrons. The summed E-state index contributed by atoms with van der Waals surface area (Å²) < 4.78 is 3.50. The number of rotatable bonds is 5. The average Bonchev–Trinajstić information content (AvgIpc) is 3.46. The second kappa shape index (κ2) is 5.68. The van der Waals surface area contributed by atoms with E-state index in [0.29, 0.717) is 23.1 Å². The van der Waals surface area contributed by atoms with Gasteiger partial charge in [-0.2, -0.15) is 0 Å². The molecule has 4 aliphatic rings. The lowest BCUT2D eigenvalue weighted by Crippen LogP contribution is -2.43. The van der Waals surface area contributed by atoms with E-state index in [-0.39, 0.29) is 5.91 Å². The Bertz CT molecular complexity index is 1150. The van der Waals surface area contributed by atoms with Crippen LogP contribution in [0.3, 0.4) is 0 Å². The lowest BCUT2D eigenvalue weighted by molar-refractivity contribution is -0.00254. The number of aromatic nitrogens is 6. The molecule has 4 fully saturated rings. The summed E-state index contributed by atoms with van der Waals surface area (Å²) in [6, 6.07) is 5.70. The number of carbonyl (C=O) groups is 1. The molecule has 0 aromatic carbocycles. The molecule has 1 N–H and O–H groups in total. The van der Waals surface area contributed by atoms with Gasteiger partial charge in [-0.25, -0.2) is 9.67 Å². The van der Waals surface area contributed by atoms with Crippen LogP contribution in [0.1, 0.15) is 54.7 Å². The van der Waals surface area contributed by atoms with Crippen LogP contribution in [-0.2, 0) is 6.54 Å². The second-order valence-electron chi connectivity index (χ2n) is 10.3. The molecule has 5 atom stereocenters. The third-order valence-corrected chi connectivity index (χ3v) is 8.70. The van der Waals surface area contributed by atoms with Crippen molar-refractivity contribution >= 4 is 11.6 Å². The van der Waals surface area contributed by atoms with Crippen LogP contribution in [0.15, 0.2) is 30.7 Å². The van der Waals surface area contributed by atoms with Gasteiger partial charge in [0.1, 0.15) is 17.7 Å². The number of nitrogens with zero attached hydrogens (tertiary/aromatic N) is 6. The number of carbonyl (C=O) groups excluding carboxylic acids is 1. The molecule has 1 spiro atoms. The maximum atomic E-state index is 13.2. The number of imidazole rings is 1. The summed E-state index contributed by atoms with van der Waals surface area (Å²) >= 11 is 0.